The molecule has 1 unspecified atom stereocenters. The third kappa shape index (κ3) is 4.20. The van der Waals surface area contributed by atoms with Crippen LogP contribution < -0.4 is 10.1 Å². The van der Waals surface area contributed by atoms with Gasteiger partial charge in [0.05, 0.1) is 11.6 Å². The summed E-state index contributed by atoms with van der Waals surface area (Å²) in [5.41, 5.74) is 0.985. The van der Waals surface area contributed by atoms with Gasteiger partial charge in [-0.15, -0.1) is 0 Å². The van der Waals surface area contributed by atoms with Gasteiger partial charge in [-0.3, -0.25) is 4.98 Å². The molecule has 3 nitrogen and oxygen atoms in total. The quantitative estimate of drug-likeness (QED) is 0.779. The number of nitrogens with zero attached hydrogens (tertiary/aromatic N) is 1. The molecule has 2 rings (SSSR count). The Labute approximate surface area is 121 Å². The summed E-state index contributed by atoms with van der Waals surface area (Å²) in [5.74, 6) is 0.930. The van der Waals surface area contributed by atoms with Crippen molar-refractivity contribution in [1.82, 2.24) is 10.3 Å². The van der Waals surface area contributed by atoms with E-state index in [-0.39, 0.29) is 6.10 Å². The molecule has 0 aliphatic rings. The van der Waals surface area contributed by atoms with Gasteiger partial charge in [-0.2, -0.15) is 0 Å². The summed E-state index contributed by atoms with van der Waals surface area (Å²) in [6, 6.07) is 10.6. The van der Waals surface area contributed by atoms with Gasteiger partial charge >= 0.3 is 0 Å². The summed E-state index contributed by atoms with van der Waals surface area (Å²) in [4.78, 5) is 4.35. The third-order valence-electron chi connectivity index (χ3n) is 3.27. The molecule has 1 aromatic heterocycles. The highest BCUT2D eigenvalue weighted by molar-refractivity contribution is 5.84. The Kier molecular flexibility index (Phi) is 5.36. The normalized spacial score (nSPS) is 12.8. The van der Waals surface area contributed by atoms with Gasteiger partial charge in [0, 0.05) is 17.6 Å². The Balaban J connectivity index is 1.91. The van der Waals surface area contributed by atoms with Crippen LogP contribution in [-0.4, -0.2) is 23.7 Å². The molecule has 108 valence electrons. The van der Waals surface area contributed by atoms with Gasteiger partial charge in [-0.1, -0.05) is 19.9 Å². The molecule has 0 amide bonds. The summed E-state index contributed by atoms with van der Waals surface area (Å²) in [6.07, 6.45) is 4.21. The van der Waals surface area contributed by atoms with Crippen molar-refractivity contribution in [2.75, 3.05) is 6.54 Å². The molecule has 2 aromatic rings. The molecular formula is C17H24N2O. The summed E-state index contributed by atoms with van der Waals surface area (Å²) < 4.78 is 6.07. The zero-order chi connectivity index (χ0) is 14.4. The van der Waals surface area contributed by atoms with Crippen LogP contribution >= 0.6 is 0 Å². The molecule has 0 aliphatic carbocycles. The van der Waals surface area contributed by atoms with Crippen LogP contribution in [0.1, 0.15) is 33.6 Å². The lowest BCUT2D eigenvalue weighted by atomic mass is 10.2. The van der Waals surface area contributed by atoms with Crippen molar-refractivity contribution in [3.63, 3.8) is 0 Å². The average molecular weight is 272 g/mol. The number of hydrogen-bond donors (Lipinski definition) is 1. The number of ether oxygens (including phenoxy) is 1. The van der Waals surface area contributed by atoms with Crippen LogP contribution in [0, 0.1) is 0 Å². The molecule has 0 saturated carbocycles. The van der Waals surface area contributed by atoms with E-state index in [4.69, 9.17) is 4.74 Å². The third-order valence-corrected chi connectivity index (χ3v) is 3.27. The second-order valence-electron chi connectivity index (χ2n) is 5.51. The van der Waals surface area contributed by atoms with E-state index in [2.05, 4.69) is 37.1 Å². The van der Waals surface area contributed by atoms with Crippen molar-refractivity contribution >= 4 is 10.9 Å². The van der Waals surface area contributed by atoms with E-state index in [1.165, 1.54) is 0 Å². The van der Waals surface area contributed by atoms with Crippen molar-refractivity contribution in [2.45, 2.75) is 45.8 Å². The lowest BCUT2D eigenvalue weighted by Crippen LogP contribution is -2.25. The fraction of sp³-hybridized carbons (Fsp3) is 0.471. The van der Waals surface area contributed by atoms with E-state index >= 15 is 0 Å². The zero-order valence-electron chi connectivity index (χ0n) is 12.6. The fourth-order valence-corrected chi connectivity index (χ4v) is 2.23. The van der Waals surface area contributed by atoms with Gasteiger partial charge in [-0.25, -0.2) is 0 Å². The van der Waals surface area contributed by atoms with E-state index in [1.807, 2.05) is 30.5 Å². The first kappa shape index (κ1) is 14.8. The summed E-state index contributed by atoms with van der Waals surface area (Å²) in [5, 5.41) is 4.51. The van der Waals surface area contributed by atoms with Crippen molar-refractivity contribution in [3.05, 3.63) is 36.5 Å². The first-order valence-corrected chi connectivity index (χ1v) is 7.40. The molecule has 0 radical (unpaired) electrons. The predicted octanol–water partition coefficient (Wildman–Crippen LogP) is 3.78. The SMILES string of the molecule is CC(C)NCCCC(C)Oc1cccc2ncccc12. The summed E-state index contributed by atoms with van der Waals surface area (Å²) in [7, 11) is 0. The van der Waals surface area contributed by atoms with Crippen molar-refractivity contribution in [2.24, 2.45) is 0 Å². The van der Waals surface area contributed by atoms with Crippen LogP contribution in [0.25, 0.3) is 10.9 Å². The van der Waals surface area contributed by atoms with E-state index in [1.54, 1.807) is 0 Å². The zero-order valence-corrected chi connectivity index (χ0v) is 12.6. The summed E-state index contributed by atoms with van der Waals surface area (Å²) >= 11 is 0. The number of rotatable bonds is 7. The Morgan fingerprint density at radius 1 is 1.15 bits per heavy atom. The first-order chi connectivity index (χ1) is 9.66. The molecule has 1 atom stereocenters. The van der Waals surface area contributed by atoms with Gasteiger partial charge in [0.15, 0.2) is 0 Å². The molecule has 3 heteroatoms. The number of pyridine rings is 1. The second kappa shape index (κ2) is 7.25. The standard InChI is InChI=1S/C17H24N2O/c1-13(2)18-11-5-7-14(3)20-17-10-4-9-16-15(17)8-6-12-19-16/h4,6,8-10,12-14,18H,5,7,11H2,1-3H3. The van der Waals surface area contributed by atoms with Crippen LogP contribution in [0.4, 0.5) is 0 Å². The number of aromatic nitrogens is 1. The van der Waals surface area contributed by atoms with Crippen LogP contribution in [0.15, 0.2) is 36.5 Å². The van der Waals surface area contributed by atoms with Gasteiger partial charge < -0.3 is 10.1 Å². The minimum Gasteiger partial charge on any atom is -0.490 e. The molecule has 0 aliphatic heterocycles. The predicted molar refractivity (Wildman–Crippen MR) is 84.2 cm³/mol. The largest absolute Gasteiger partial charge is 0.490 e. The van der Waals surface area contributed by atoms with Crippen LogP contribution in [0.3, 0.4) is 0 Å². The maximum absolute atomic E-state index is 6.07. The van der Waals surface area contributed by atoms with Gasteiger partial charge in [0.2, 0.25) is 0 Å². The second-order valence-corrected chi connectivity index (χ2v) is 5.51. The highest BCUT2D eigenvalue weighted by Crippen LogP contribution is 2.25. The van der Waals surface area contributed by atoms with Gasteiger partial charge in [0.25, 0.3) is 0 Å². The lowest BCUT2D eigenvalue weighted by molar-refractivity contribution is 0.209. The van der Waals surface area contributed by atoms with Gasteiger partial charge in [-0.05, 0) is 50.6 Å². The van der Waals surface area contributed by atoms with Gasteiger partial charge in [0.1, 0.15) is 5.75 Å². The van der Waals surface area contributed by atoms with E-state index in [0.717, 1.165) is 36.0 Å². The molecule has 20 heavy (non-hydrogen) atoms. The number of fused-ring (bicyclic) bond motifs is 1. The number of benzene rings is 1. The molecule has 1 aromatic carbocycles. The monoisotopic (exact) mass is 272 g/mol. The smallest absolute Gasteiger partial charge is 0.129 e. The molecule has 1 heterocycles. The van der Waals surface area contributed by atoms with E-state index in [0.29, 0.717) is 6.04 Å². The molecule has 1 N–H and O–H groups in total. The highest BCUT2D eigenvalue weighted by atomic mass is 16.5. The Morgan fingerprint density at radius 2 is 2.00 bits per heavy atom. The molecular weight excluding hydrogens is 248 g/mol. The molecule has 0 bridgehead atoms. The molecule has 0 fully saturated rings. The van der Waals surface area contributed by atoms with E-state index in [9.17, 15) is 0 Å². The fourth-order valence-electron chi connectivity index (χ4n) is 2.23. The highest BCUT2D eigenvalue weighted by Gasteiger charge is 2.07. The van der Waals surface area contributed by atoms with E-state index < -0.39 is 0 Å². The van der Waals surface area contributed by atoms with Crippen molar-refractivity contribution < 1.29 is 4.74 Å². The number of nitrogens with one attached hydrogen (secondary N) is 1. The van der Waals surface area contributed by atoms with Crippen molar-refractivity contribution in [3.8, 4) is 5.75 Å². The molecule has 0 spiro atoms. The van der Waals surface area contributed by atoms with Crippen LogP contribution in [-0.2, 0) is 0 Å². The summed E-state index contributed by atoms with van der Waals surface area (Å²) in [6.45, 7) is 7.51. The first-order valence-electron chi connectivity index (χ1n) is 7.40. The maximum atomic E-state index is 6.07. The Morgan fingerprint density at radius 3 is 2.80 bits per heavy atom. The Bertz CT molecular complexity index is 534. The number of hydrogen-bond acceptors (Lipinski definition) is 3. The topological polar surface area (TPSA) is 34.1 Å². The minimum atomic E-state index is 0.217. The minimum absolute atomic E-state index is 0.217. The van der Waals surface area contributed by atoms with Crippen molar-refractivity contribution in [1.29, 1.82) is 0 Å². The van der Waals surface area contributed by atoms with Crippen LogP contribution in [0.2, 0.25) is 0 Å². The van der Waals surface area contributed by atoms with Crippen LogP contribution in [0.5, 0.6) is 5.75 Å². The Hall–Kier alpha value is -1.61. The maximum Gasteiger partial charge on any atom is 0.129 e. The average Bonchev–Trinajstić information content (AvgIpc) is 2.44. The lowest BCUT2D eigenvalue weighted by Gasteiger charge is -2.16. The molecule has 0 saturated heterocycles.